The summed E-state index contributed by atoms with van der Waals surface area (Å²) in [4.78, 5) is 29.0. The van der Waals surface area contributed by atoms with Gasteiger partial charge in [0.2, 0.25) is 5.95 Å². The minimum Gasteiger partial charge on any atom is -0.344 e. The summed E-state index contributed by atoms with van der Waals surface area (Å²) >= 11 is 0. The van der Waals surface area contributed by atoms with E-state index in [4.69, 9.17) is 4.52 Å². The first kappa shape index (κ1) is 23.0. The van der Waals surface area contributed by atoms with Crippen LogP contribution in [-0.4, -0.2) is 40.8 Å². The van der Waals surface area contributed by atoms with Crippen molar-refractivity contribution in [3.8, 4) is 11.4 Å². The van der Waals surface area contributed by atoms with Crippen LogP contribution in [-0.2, 0) is 19.0 Å². The molecule has 0 aliphatic heterocycles. The maximum Gasteiger partial charge on any atom is 0.315 e. The van der Waals surface area contributed by atoms with E-state index in [1.165, 1.54) is 6.33 Å². The SMILES string of the molecule is Cc1c(CNC(=O)c2nc(C(C)(C)C)no2)ccc(-c2ncnc(Nc3cnn(C)c3)n2)c1F. The Morgan fingerprint density at radius 3 is 2.68 bits per heavy atom. The molecular formula is C22H24FN9O2. The number of benzene rings is 1. The number of anilines is 2. The van der Waals surface area contributed by atoms with Crippen LogP contribution in [0.4, 0.5) is 16.0 Å². The zero-order valence-corrected chi connectivity index (χ0v) is 19.4. The van der Waals surface area contributed by atoms with E-state index in [0.717, 1.165) is 0 Å². The van der Waals surface area contributed by atoms with Crippen molar-refractivity contribution in [1.82, 2.24) is 40.2 Å². The fourth-order valence-electron chi connectivity index (χ4n) is 3.06. The molecule has 1 aromatic carbocycles. The Morgan fingerprint density at radius 1 is 1.21 bits per heavy atom. The van der Waals surface area contributed by atoms with Crippen LogP contribution in [0.5, 0.6) is 0 Å². The largest absolute Gasteiger partial charge is 0.344 e. The summed E-state index contributed by atoms with van der Waals surface area (Å²) in [5.41, 5.74) is 1.52. The van der Waals surface area contributed by atoms with E-state index in [0.29, 0.717) is 22.6 Å². The first-order valence-corrected chi connectivity index (χ1v) is 10.5. The smallest absolute Gasteiger partial charge is 0.315 e. The van der Waals surface area contributed by atoms with Gasteiger partial charge in [0.05, 0.1) is 17.4 Å². The molecule has 0 saturated carbocycles. The second kappa shape index (κ2) is 8.96. The Morgan fingerprint density at radius 2 is 2.00 bits per heavy atom. The Labute approximate surface area is 194 Å². The van der Waals surface area contributed by atoms with Gasteiger partial charge in [-0.2, -0.15) is 15.1 Å². The summed E-state index contributed by atoms with van der Waals surface area (Å²) in [6.45, 7) is 7.45. The molecule has 0 saturated heterocycles. The van der Waals surface area contributed by atoms with E-state index in [9.17, 15) is 4.79 Å². The van der Waals surface area contributed by atoms with Crippen molar-refractivity contribution in [3.63, 3.8) is 0 Å². The van der Waals surface area contributed by atoms with E-state index < -0.39 is 11.7 Å². The normalized spacial score (nSPS) is 11.5. The van der Waals surface area contributed by atoms with Gasteiger partial charge >= 0.3 is 11.8 Å². The number of nitrogens with one attached hydrogen (secondary N) is 2. The molecule has 0 unspecified atom stereocenters. The van der Waals surface area contributed by atoms with Gasteiger partial charge in [-0.25, -0.2) is 14.4 Å². The molecule has 11 nitrogen and oxygen atoms in total. The predicted molar refractivity (Wildman–Crippen MR) is 121 cm³/mol. The molecule has 0 spiro atoms. The zero-order valence-electron chi connectivity index (χ0n) is 19.4. The van der Waals surface area contributed by atoms with Gasteiger partial charge in [0.15, 0.2) is 11.6 Å². The van der Waals surface area contributed by atoms with Crippen molar-refractivity contribution in [2.75, 3.05) is 5.32 Å². The standard InChI is InChI=1S/C22H24FN9O2/c1-12-13(8-24-18(33)19-30-20(31-34-19)22(2,3)4)6-7-15(16(12)23)17-25-11-26-21(29-17)28-14-9-27-32(5)10-14/h6-7,9-11H,8H2,1-5H3,(H,24,33)(H,25,26,28,29). The van der Waals surface area contributed by atoms with E-state index in [-0.39, 0.29) is 35.2 Å². The Bertz CT molecular complexity index is 1340. The van der Waals surface area contributed by atoms with Crippen LogP contribution in [0.2, 0.25) is 0 Å². The molecule has 3 aromatic heterocycles. The van der Waals surface area contributed by atoms with Crippen LogP contribution < -0.4 is 10.6 Å². The number of aromatic nitrogens is 7. The van der Waals surface area contributed by atoms with Crippen molar-refractivity contribution in [2.45, 2.75) is 39.7 Å². The molecule has 2 N–H and O–H groups in total. The molecule has 34 heavy (non-hydrogen) atoms. The summed E-state index contributed by atoms with van der Waals surface area (Å²) in [5, 5.41) is 13.6. The number of hydrogen-bond donors (Lipinski definition) is 2. The number of halogens is 1. The van der Waals surface area contributed by atoms with Crippen LogP contribution in [0, 0.1) is 12.7 Å². The average molecular weight is 465 g/mol. The topological polar surface area (TPSA) is 137 Å². The van der Waals surface area contributed by atoms with Gasteiger partial charge in [-0.15, -0.1) is 0 Å². The summed E-state index contributed by atoms with van der Waals surface area (Å²) in [6.07, 6.45) is 4.69. The monoisotopic (exact) mass is 465 g/mol. The van der Waals surface area contributed by atoms with Gasteiger partial charge in [-0.05, 0) is 24.1 Å². The second-order valence-electron chi connectivity index (χ2n) is 8.73. The molecule has 0 aliphatic carbocycles. The molecule has 0 bridgehead atoms. The summed E-state index contributed by atoms with van der Waals surface area (Å²) in [5.74, 6) is -0.287. The average Bonchev–Trinajstić information content (AvgIpc) is 3.44. The first-order valence-electron chi connectivity index (χ1n) is 10.5. The third-order valence-corrected chi connectivity index (χ3v) is 5.00. The number of amides is 1. The summed E-state index contributed by atoms with van der Waals surface area (Å²) in [6, 6.07) is 3.28. The molecule has 12 heteroatoms. The third kappa shape index (κ3) is 4.90. The van der Waals surface area contributed by atoms with Gasteiger partial charge in [-0.1, -0.05) is 32.0 Å². The lowest BCUT2D eigenvalue weighted by molar-refractivity contribution is 0.0907. The van der Waals surface area contributed by atoms with Crippen molar-refractivity contribution in [3.05, 3.63) is 59.5 Å². The highest BCUT2D eigenvalue weighted by Crippen LogP contribution is 2.25. The molecule has 176 valence electrons. The van der Waals surface area contributed by atoms with E-state index >= 15 is 4.39 Å². The van der Waals surface area contributed by atoms with Crippen molar-refractivity contribution in [1.29, 1.82) is 0 Å². The maximum absolute atomic E-state index is 15.2. The minimum absolute atomic E-state index is 0.0834. The molecular weight excluding hydrogens is 441 g/mol. The molecule has 1 amide bonds. The number of rotatable bonds is 6. The van der Waals surface area contributed by atoms with Gasteiger partial charge in [0.1, 0.15) is 12.1 Å². The highest BCUT2D eigenvalue weighted by atomic mass is 19.1. The quantitative estimate of drug-likeness (QED) is 0.440. The van der Waals surface area contributed by atoms with Gasteiger partial charge in [0, 0.05) is 25.2 Å². The van der Waals surface area contributed by atoms with Gasteiger partial charge in [-0.3, -0.25) is 9.48 Å². The molecule has 0 radical (unpaired) electrons. The number of carbonyl (C=O) groups is 1. The van der Waals surface area contributed by atoms with Gasteiger partial charge in [0.25, 0.3) is 0 Å². The van der Waals surface area contributed by atoms with Crippen LogP contribution in [0.3, 0.4) is 0 Å². The Balaban J connectivity index is 1.48. The van der Waals surface area contributed by atoms with E-state index in [1.54, 1.807) is 43.2 Å². The van der Waals surface area contributed by atoms with Crippen molar-refractivity contribution < 1.29 is 13.7 Å². The molecule has 3 heterocycles. The molecule has 0 atom stereocenters. The summed E-state index contributed by atoms with van der Waals surface area (Å²) < 4.78 is 21.9. The predicted octanol–water partition coefficient (Wildman–Crippen LogP) is 3.07. The number of nitrogens with zero attached hydrogens (tertiary/aromatic N) is 7. The fourth-order valence-corrected chi connectivity index (χ4v) is 3.06. The zero-order chi connectivity index (χ0) is 24.5. The first-order chi connectivity index (χ1) is 16.1. The van der Waals surface area contributed by atoms with Crippen molar-refractivity contribution in [2.24, 2.45) is 7.05 Å². The molecule has 4 aromatic rings. The lowest BCUT2D eigenvalue weighted by Gasteiger charge is -2.11. The second-order valence-corrected chi connectivity index (χ2v) is 8.73. The molecule has 0 fully saturated rings. The van der Waals surface area contributed by atoms with Gasteiger partial charge < -0.3 is 15.2 Å². The highest BCUT2D eigenvalue weighted by molar-refractivity contribution is 5.89. The molecule has 0 aliphatic rings. The van der Waals surface area contributed by atoms with E-state index in [2.05, 4.69) is 40.8 Å². The number of aryl methyl sites for hydroxylation is 1. The lowest BCUT2D eigenvalue weighted by Crippen LogP contribution is -2.24. The highest BCUT2D eigenvalue weighted by Gasteiger charge is 2.24. The third-order valence-electron chi connectivity index (χ3n) is 5.00. The van der Waals surface area contributed by atoms with E-state index in [1.807, 2.05) is 20.8 Å². The molecule has 4 rings (SSSR count). The minimum atomic E-state index is -0.532. The van der Waals surface area contributed by atoms with Crippen molar-refractivity contribution >= 4 is 17.5 Å². The fraction of sp³-hybridized carbons (Fsp3) is 0.318. The van der Waals surface area contributed by atoms with Crippen LogP contribution >= 0.6 is 0 Å². The van der Waals surface area contributed by atoms with Crippen LogP contribution in [0.1, 0.15) is 48.4 Å². The number of carbonyl (C=O) groups excluding carboxylic acids is 1. The van der Waals surface area contributed by atoms with Crippen LogP contribution in [0.15, 0.2) is 35.4 Å². The lowest BCUT2D eigenvalue weighted by atomic mass is 9.96. The maximum atomic E-state index is 15.2. The van der Waals surface area contributed by atoms with Crippen LogP contribution in [0.25, 0.3) is 11.4 Å². The summed E-state index contributed by atoms with van der Waals surface area (Å²) in [7, 11) is 1.79. The Hall–Kier alpha value is -4.22. The Kier molecular flexibility index (Phi) is 6.05. The number of hydrogen-bond acceptors (Lipinski definition) is 9.